The van der Waals surface area contributed by atoms with Crippen molar-refractivity contribution >= 4 is 26.1 Å². The van der Waals surface area contributed by atoms with E-state index in [1.165, 1.54) is 20.3 Å². The van der Waals surface area contributed by atoms with Gasteiger partial charge in [-0.2, -0.15) is 0 Å². The van der Waals surface area contributed by atoms with Gasteiger partial charge in [-0.3, -0.25) is 9.36 Å². The molecule has 0 aromatic rings. The monoisotopic (exact) mass is 306 g/mol. The number of rotatable bonds is 5. The van der Waals surface area contributed by atoms with Gasteiger partial charge in [0.15, 0.2) is 5.50 Å². The Morgan fingerprint density at radius 1 is 1.53 bits per heavy atom. The van der Waals surface area contributed by atoms with Crippen LogP contribution in [-0.4, -0.2) is 42.0 Å². The molecule has 0 saturated heterocycles. The highest BCUT2D eigenvalue weighted by atomic mass is 32.1. The fraction of sp³-hybridized carbons (Fsp3) is 0.545. The number of thiol groups is 1. The maximum absolute atomic E-state index is 12.2. The molecule has 0 bridgehead atoms. The minimum absolute atomic E-state index is 0.105. The van der Waals surface area contributed by atoms with Crippen LogP contribution in [0, 0.1) is 0 Å². The standard InChI is InChI=1S/C11H19N2O4PS/c1-5-13-10(14)6-7-12(11(13)19)8-9(2)18(15,16-3)17-4/h6-8,11,19H,5H2,1-4H3/b9-8-. The highest BCUT2D eigenvalue weighted by molar-refractivity contribution is 7.80. The van der Waals surface area contributed by atoms with Gasteiger partial charge in [0.25, 0.3) is 0 Å². The maximum Gasteiger partial charge on any atom is 0.357 e. The van der Waals surface area contributed by atoms with Crippen molar-refractivity contribution in [2.75, 3.05) is 20.8 Å². The Hall–Kier alpha value is -0.750. The first-order chi connectivity index (χ1) is 8.89. The van der Waals surface area contributed by atoms with E-state index in [0.29, 0.717) is 11.9 Å². The highest BCUT2D eigenvalue weighted by Crippen LogP contribution is 2.54. The summed E-state index contributed by atoms with van der Waals surface area (Å²) in [6.45, 7) is 4.05. The molecule has 1 atom stereocenters. The second-order valence-corrected chi connectivity index (χ2v) is 6.76. The first kappa shape index (κ1) is 16.3. The molecule has 1 aliphatic rings. The Morgan fingerprint density at radius 3 is 2.58 bits per heavy atom. The second kappa shape index (κ2) is 6.61. The lowest BCUT2D eigenvalue weighted by molar-refractivity contribution is -0.129. The van der Waals surface area contributed by atoms with Crippen LogP contribution < -0.4 is 0 Å². The predicted molar refractivity (Wildman–Crippen MR) is 76.5 cm³/mol. The lowest BCUT2D eigenvalue weighted by atomic mass is 10.4. The third-order valence-corrected chi connectivity index (χ3v) is 5.29. The van der Waals surface area contributed by atoms with E-state index in [2.05, 4.69) is 12.6 Å². The summed E-state index contributed by atoms with van der Waals surface area (Å²) in [6.07, 6.45) is 4.63. The lowest BCUT2D eigenvalue weighted by Crippen LogP contribution is -2.46. The van der Waals surface area contributed by atoms with Crippen LogP contribution in [0.2, 0.25) is 0 Å². The Bertz CT molecular complexity index is 444. The second-order valence-electron chi connectivity index (χ2n) is 3.87. The van der Waals surface area contributed by atoms with Crippen molar-refractivity contribution in [2.24, 2.45) is 0 Å². The molecule has 0 saturated carbocycles. The zero-order valence-electron chi connectivity index (χ0n) is 11.4. The summed E-state index contributed by atoms with van der Waals surface area (Å²) < 4.78 is 22.0. The molecule has 1 rings (SSSR count). The van der Waals surface area contributed by atoms with Gasteiger partial charge in [0.2, 0.25) is 5.91 Å². The van der Waals surface area contributed by atoms with Gasteiger partial charge in [0.1, 0.15) is 0 Å². The van der Waals surface area contributed by atoms with Gasteiger partial charge in [0.05, 0.1) is 5.31 Å². The number of likely N-dealkylation sites (N-methyl/N-ethyl adjacent to an activating group) is 1. The highest BCUT2D eigenvalue weighted by Gasteiger charge is 2.28. The molecule has 0 radical (unpaired) electrons. The third-order valence-electron chi connectivity index (χ3n) is 2.81. The summed E-state index contributed by atoms with van der Waals surface area (Å²) in [6, 6.07) is 0. The fourth-order valence-corrected chi connectivity index (χ4v) is 3.10. The minimum atomic E-state index is -3.26. The number of hydrogen-bond donors (Lipinski definition) is 1. The fourth-order valence-electron chi connectivity index (χ4n) is 1.68. The number of amides is 1. The average molecular weight is 306 g/mol. The molecule has 0 fully saturated rings. The molecule has 6 nitrogen and oxygen atoms in total. The van der Waals surface area contributed by atoms with Gasteiger partial charge in [-0.25, -0.2) is 0 Å². The summed E-state index contributed by atoms with van der Waals surface area (Å²) >= 11 is 4.38. The molecule has 0 aliphatic carbocycles. The van der Waals surface area contributed by atoms with Gasteiger partial charge >= 0.3 is 7.60 Å². The molecule has 19 heavy (non-hydrogen) atoms. The summed E-state index contributed by atoms with van der Waals surface area (Å²) in [5.74, 6) is -0.105. The van der Waals surface area contributed by atoms with E-state index in [1.54, 1.807) is 29.1 Å². The minimum Gasteiger partial charge on any atom is -0.324 e. The summed E-state index contributed by atoms with van der Waals surface area (Å²) in [5.41, 5.74) is -0.445. The largest absolute Gasteiger partial charge is 0.357 e. The topological polar surface area (TPSA) is 59.1 Å². The van der Waals surface area contributed by atoms with Crippen molar-refractivity contribution in [1.29, 1.82) is 0 Å². The van der Waals surface area contributed by atoms with Gasteiger partial charge < -0.3 is 18.8 Å². The quantitative estimate of drug-likeness (QED) is 0.623. The van der Waals surface area contributed by atoms with Crippen LogP contribution >= 0.6 is 20.2 Å². The van der Waals surface area contributed by atoms with E-state index in [4.69, 9.17) is 9.05 Å². The first-order valence-corrected chi connectivity index (χ1v) is 7.80. The van der Waals surface area contributed by atoms with Crippen LogP contribution in [0.25, 0.3) is 0 Å². The maximum atomic E-state index is 12.2. The van der Waals surface area contributed by atoms with E-state index < -0.39 is 13.1 Å². The molecule has 1 unspecified atom stereocenters. The number of allylic oxidation sites excluding steroid dienone is 1. The zero-order valence-corrected chi connectivity index (χ0v) is 13.2. The molecular weight excluding hydrogens is 287 g/mol. The zero-order chi connectivity index (χ0) is 14.6. The van der Waals surface area contributed by atoms with Crippen LogP contribution in [-0.2, 0) is 18.4 Å². The van der Waals surface area contributed by atoms with E-state index in [1.807, 2.05) is 6.92 Å². The Morgan fingerprint density at radius 2 is 2.11 bits per heavy atom. The van der Waals surface area contributed by atoms with Crippen molar-refractivity contribution in [3.8, 4) is 0 Å². The lowest BCUT2D eigenvalue weighted by Gasteiger charge is -2.36. The SMILES string of the molecule is CCN1C(=O)C=CN(/C=C(/C)P(=O)(OC)OC)C1S. The van der Waals surface area contributed by atoms with Gasteiger partial charge in [-0.1, -0.05) is 0 Å². The normalized spacial score (nSPS) is 21.2. The molecule has 108 valence electrons. The van der Waals surface area contributed by atoms with E-state index in [0.717, 1.165) is 0 Å². The van der Waals surface area contributed by atoms with Crippen molar-refractivity contribution in [2.45, 2.75) is 19.3 Å². The third kappa shape index (κ3) is 3.42. The van der Waals surface area contributed by atoms with Crippen molar-refractivity contribution in [3.63, 3.8) is 0 Å². The molecule has 0 aromatic carbocycles. The summed E-state index contributed by atoms with van der Waals surface area (Å²) in [5, 5.41) is 0.437. The average Bonchev–Trinajstić information content (AvgIpc) is 2.41. The molecular formula is C11H19N2O4PS. The number of hydrogen-bond acceptors (Lipinski definition) is 6. The van der Waals surface area contributed by atoms with E-state index >= 15 is 0 Å². The predicted octanol–water partition coefficient (Wildman–Crippen LogP) is 2.22. The molecule has 1 heterocycles. The van der Waals surface area contributed by atoms with Crippen LogP contribution in [0.3, 0.4) is 0 Å². The van der Waals surface area contributed by atoms with Crippen molar-refractivity contribution in [1.82, 2.24) is 9.80 Å². The number of nitrogens with zero attached hydrogens (tertiary/aromatic N) is 2. The molecule has 0 N–H and O–H groups in total. The van der Waals surface area contributed by atoms with Crippen LogP contribution in [0.4, 0.5) is 0 Å². The van der Waals surface area contributed by atoms with E-state index in [-0.39, 0.29) is 5.91 Å². The van der Waals surface area contributed by atoms with Crippen molar-refractivity contribution in [3.05, 3.63) is 23.8 Å². The molecule has 8 heteroatoms. The van der Waals surface area contributed by atoms with Crippen LogP contribution in [0.15, 0.2) is 23.8 Å². The molecule has 0 aromatic heterocycles. The Labute approximate surface area is 119 Å². The van der Waals surface area contributed by atoms with E-state index in [9.17, 15) is 9.36 Å². The number of carbonyl (C=O) groups is 1. The summed E-state index contributed by atoms with van der Waals surface area (Å²) in [4.78, 5) is 14.9. The van der Waals surface area contributed by atoms with Crippen LogP contribution in [0.5, 0.6) is 0 Å². The smallest absolute Gasteiger partial charge is 0.324 e. The van der Waals surface area contributed by atoms with Gasteiger partial charge in [-0.05, 0) is 13.8 Å². The molecule has 1 amide bonds. The van der Waals surface area contributed by atoms with Gasteiger partial charge in [0, 0.05) is 39.2 Å². The molecule has 1 aliphatic heterocycles. The first-order valence-electron chi connectivity index (χ1n) is 5.74. The molecule has 0 spiro atoms. The van der Waals surface area contributed by atoms with Crippen LogP contribution in [0.1, 0.15) is 13.8 Å². The summed E-state index contributed by atoms with van der Waals surface area (Å²) in [7, 11) is -0.606. The Kier molecular flexibility index (Phi) is 5.67. The number of carbonyl (C=O) groups excluding carboxylic acids is 1. The van der Waals surface area contributed by atoms with Crippen molar-refractivity contribution < 1.29 is 18.4 Å². The Balaban J connectivity index is 3.02. The van der Waals surface area contributed by atoms with Gasteiger partial charge in [-0.15, -0.1) is 12.6 Å².